The second-order valence-electron chi connectivity index (χ2n) is 4.85. The molecule has 17 heavy (non-hydrogen) atoms. The van der Waals surface area contributed by atoms with Crippen molar-refractivity contribution in [2.75, 3.05) is 13.2 Å². The van der Waals surface area contributed by atoms with Crippen LogP contribution in [0.5, 0.6) is 0 Å². The molecule has 0 radical (unpaired) electrons. The summed E-state index contributed by atoms with van der Waals surface area (Å²) in [6.45, 7) is 4.15. The second-order valence-corrected chi connectivity index (χ2v) is 4.85. The van der Waals surface area contributed by atoms with E-state index >= 15 is 0 Å². The number of nitrogens with two attached hydrogens (primary N) is 1. The molecule has 92 valence electrons. The number of ketones is 1. The highest BCUT2D eigenvalue weighted by Crippen LogP contribution is 2.32. The molecule has 1 heterocycles. The number of rotatable bonds is 2. The summed E-state index contributed by atoms with van der Waals surface area (Å²) < 4.78 is 18.9. The number of carbonyl (C=O) groups is 1. The maximum absolute atomic E-state index is 13.7. The maximum atomic E-state index is 13.7. The lowest BCUT2D eigenvalue weighted by atomic mass is 9.78. The van der Waals surface area contributed by atoms with Gasteiger partial charge >= 0.3 is 0 Å². The van der Waals surface area contributed by atoms with E-state index in [-0.39, 0.29) is 24.0 Å². The van der Waals surface area contributed by atoms with Crippen molar-refractivity contribution >= 4 is 5.78 Å². The molecule has 1 aliphatic heterocycles. The van der Waals surface area contributed by atoms with Gasteiger partial charge < -0.3 is 10.5 Å². The monoisotopic (exact) mass is 237 g/mol. The number of carbonyl (C=O) groups excluding carboxylic acids is 1. The molecule has 0 bridgehead atoms. The van der Waals surface area contributed by atoms with Crippen LogP contribution >= 0.6 is 0 Å². The van der Waals surface area contributed by atoms with Gasteiger partial charge in [0.05, 0.1) is 24.2 Å². The lowest BCUT2D eigenvalue weighted by Gasteiger charge is -2.25. The quantitative estimate of drug-likeness (QED) is 0.796. The molecule has 3 nitrogen and oxygen atoms in total. The van der Waals surface area contributed by atoms with Gasteiger partial charge in [-0.1, -0.05) is 11.6 Å². The van der Waals surface area contributed by atoms with Crippen LogP contribution < -0.4 is 5.73 Å². The molecule has 1 aromatic carbocycles. The maximum Gasteiger partial charge on any atom is 0.175 e. The summed E-state index contributed by atoms with van der Waals surface area (Å²) in [6, 6.07) is 4.13. The molecule has 1 aliphatic rings. The van der Waals surface area contributed by atoms with Gasteiger partial charge in [0.25, 0.3) is 0 Å². The molecular formula is C13H16FNO2. The fraction of sp³-hybridized carbons (Fsp3) is 0.462. The predicted octanol–water partition coefficient (Wildman–Crippen LogP) is 1.68. The average molecular weight is 237 g/mol. The fourth-order valence-electron chi connectivity index (χ4n) is 2.04. The standard InChI is InChI=1S/C13H16FNO2/c1-8-3-4-10(14)9(5-8)12(16)13(2)7-17-6-11(13)15/h3-5,11H,6-7,15H2,1-2H3. The summed E-state index contributed by atoms with van der Waals surface area (Å²) in [6.07, 6.45) is 0. The van der Waals surface area contributed by atoms with Gasteiger partial charge in [0, 0.05) is 6.04 Å². The Kier molecular flexibility index (Phi) is 3.02. The van der Waals surface area contributed by atoms with Crippen LogP contribution in [0.3, 0.4) is 0 Å². The second kappa shape index (κ2) is 4.20. The Balaban J connectivity index is 2.40. The first-order valence-corrected chi connectivity index (χ1v) is 5.59. The average Bonchev–Trinajstić information content (AvgIpc) is 2.63. The van der Waals surface area contributed by atoms with E-state index in [0.717, 1.165) is 5.56 Å². The Bertz CT molecular complexity index is 461. The van der Waals surface area contributed by atoms with Gasteiger partial charge in [-0.05, 0) is 26.0 Å². The first-order valence-electron chi connectivity index (χ1n) is 5.59. The van der Waals surface area contributed by atoms with Crippen molar-refractivity contribution in [2.45, 2.75) is 19.9 Å². The van der Waals surface area contributed by atoms with Crippen LogP contribution in [0.2, 0.25) is 0 Å². The minimum absolute atomic E-state index is 0.105. The molecule has 0 aromatic heterocycles. The molecule has 0 amide bonds. The summed E-state index contributed by atoms with van der Waals surface area (Å²) in [5, 5.41) is 0. The van der Waals surface area contributed by atoms with Gasteiger partial charge in [-0.25, -0.2) is 4.39 Å². The lowest BCUT2D eigenvalue weighted by molar-refractivity contribution is 0.0763. The Morgan fingerprint density at radius 2 is 2.29 bits per heavy atom. The highest BCUT2D eigenvalue weighted by atomic mass is 19.1. The van der Waals surface area contributed by atoms with E-state index < -0.39 is 11.2 Å². The first kappa shape index (κ1) is 12.2. The molecule has 2 atom stereocenters. The Labute approximate surface area is 99.8 Å². The molecule has 2 rings (SSSR count). The summed E-state index contributed by atoms with van der Waals surface area (Å²) in [5.74, 6) is -0.773. The zero-order chi connectivity index (χ0) is 12.6. The van der Waals surface area contributed by atoms with E-state index in [1.165, 1.54) is 6.07 Å². The Morgan fingerprint density at radius 1 is 1.59 bits per heavy atom. The van der Waals surface area contributed by atoms with Crippen LogP contribution in [-0.2, 0) is 4.74 Å². The van der Waals surface area contributed by atoms with Crippen LogP contribution in [0, 0.1) is 18.2 Å². The number of ether oxygens (including phenoxy) is 1. The van der Waals surface area contributed by atoms with E-state index in [1.54, 1.807) is 19.1 Å². The fourth-order valence-corrected chi connectivity index (χ4v) is 2.04. The minimum Gasteiger partial charge on any atom is -0.379 e. The van der Waals surface area contributed by atoms with E-state index in [2.05, 4.69) is 0 Å². The molecule has 0 saturated carbocycles. The van der Waals surface area contributed by atoms with E-state index in [9.17, 15) is 9.18 Å². The normalized spacial score (nSPS) is 28.4. The highest BCUT2D eigenvalue weighted by Gasteiger charge is 2.45. The number of aryl methyl sites for hydroxylation is 1. The van der Waals surface area contributed by atoms with Crippen molar-refractivity contribution < 1.29 is 13.9 Å². The van der Waals surface area contributed by atoms with E-state index in [1.807, 2.05) is 6.92 Å². The van der Waals surface area contributed by atoms with Gasteiger partial charge in [0.1, 0.15) is 5.82 Å². The predicted molar refractivity (Wildman–Crippen MR) is 62.4 cm³/mol. The third-order valence-corrected chi connectivity index (χ3v) is 3.40. The summed E-state index contributed by atoms with van der Waals surface area (Å²) in [5.41, 5.74) is 6.00. The topological polar surface area (TPSA) is 52.3 Å². The van der Waals surface area contributed by atoms with Crippen LogP contribution in [0.1, 0.15) is 22.8 Å². The molecule has 1 saturated heterocycles. The van der Waals surface area contributed by atoms with Crippen molar-refractivity contribution in [3.63, 3.8) is 0 Å². The third kappa shape index (κ3) is 1.98. The third-order valence-electron chi connectivity index (χ3n) is 3.40. The van der Waals surface area contributed by atoms with Crippen LogP contribution in [0.25, 0.3) is 0 Å². The molecule has 1 fully saturated rings. The SMILES string of the molecule is Cc1ccc(F)c(C(=O)C2(C)COCC2N)c1. The number of halogens is 1. The molecule has 0 aliphatic carbocycles. The largest absolute Gasteiger partial charge is 0.379 e. The Morgan fingerprint density at radius 3 is 2.88 bits per heavy atom. The molecular weight excluding hydrogens is 221 g/mol. The number of benzene rings is 1. The summed E-state index contributed by atoms with van der Waals surface area (Å²) in [7, 11) is 0. The van der Waals surface area contributed by atoms with Crippen molar-refractivity contribution in [2.24, 2.45) is 11.1 Å². The first-order chi connectivity index (χ1) is 7.95. The van der Waals surface area contributed by atoms with Crippen LogP contribution in [-0.4, -0.2) is 25.0 Å². The van der Waals surface area contributed by atoms with Crippen molar-refractivity contribution in [3.05, 3.63) is 35.1 Å². The van der Waals surface area contributed by atoms with Gasteiger partial charge in [-0.3, -0.25) is 4.79 Å². The van der Waals surface area contributed by atoms with Crippen molar-refractivity contribution in [1.29, 1.82) is 0 Å². The summed E-state index contributed by atoms with van der Waals surface area (Å²) >= 11 is 0. The molecule has 2 N–H and O–H groups in total. The smallest absolute Gasteiger partial charge is 0.175 e. The number of hydrogen-bond acceptors (Lipinski definition) is 3. The van der Waals surface area contributed by atoms with E-state index in [4.69, 9.17) is 10.5 Å². The number of Topliss-reactive ketones (excluding diaryl/α,β-unsaturated/α-hetero) is 1. The Hall–Kier alpha value is -1.26. The molecule has 1 aromatic rings. The number of hydrogen-bond donors (Lipinski definition) is 1. The molecule has 0 spiro atoms. The van der Waals surface area contributed by atoms with Gasteiger partial charge in [-0.2, -0.15) is 0 Å². The molecule has 2 unspecified atom stereocenters. The molecule has 4 heteroatoms. The lowest BCUT2D eigenvalue weighted by Crippen LogP contribution is -2.44. The minimum atomic E-state index is -0.825. The van der Waals surface area contributed by atoms with Gasteiger partial charge in [0.2, 0.25) is 0 Å². The zero-order valence-electron chi connectivity index (χ0n) is 10.00. The van der Waals surface area contributed by atoms with Crippen molar-refractivity contribution in [3.8, 4) is 0 Å². The van der Waals surface area contributed by atoms with Gasteiger partial charge in [-0.15, -0.1) is 0 Å². The van der Waals surface area contributed by atoms with Gasteiger partial charge in [0.15, 0.2) is 5.78 Å². The van der Waals surface area contributed by atoms with Crippen molar-refractivity contribution in [1.82, 2.24) is 0 Å². The van der Waals surface area contributed by atoms with Crippen LogP contribution in [0.4, 0.5) is 4.39 Å². The van der Waals surface area contributed by atoms with E-state index in [0.29, 0.717) is 6.61 Å². The zero-order valence-corrected chi connectivity index (χ0v) is 10.00. The highest BCUT2D eigenvalue weighted by molar-refractivity contribution is 6.01. The van der Waals surface area contributed by atoms with Crippen LogP contribution in [0.15, 0.2) is 18.2 Å². The summed E-state index contributed by atoms with van der Waals surface area (Å²) in [4.78, 5) is 12.4.